The molecule has 0 N–H and O–H groups in total. The van der Waals surface area contributed by atoms with Gasteiger partial charge in [0.1, 0.15) is 5.75 Å². The van der Waals surface area contributed by atoms with Gasteiger partial charge in [-0.1, -0.05) is 46.7 Å². The van der Waals surface area contributed by atoms with Crippen LogP contribution in [0.25, 0.3) is 10.2 Å². The predicted octanol–water partition coefficient (Wildman–Crippen LogP) is 5.19. The number of hydrogen-bond donors (Lipinski definition) is 0. The quantitative estimate of drug-likeness (QED) is 0.532. The molecule has 1 aliphatic rings. The number of thiazole rings is 1. The molecule has 3 aromatic rings. The van der Waals surface area contributed by atoms with Gasteiger partial charge in [-0.25, -0.2) is 4.98 Å². The van der Waals surface area contributed by atoms with Crippen molar-refractivity contribution >= 4 is 55.8 Å². The van der Waals surface area contributed by atoms with E-state index in [1.54, 1.807) is 23.1 Å². The Bertz CT molecular complexity index is 955. The van der Waals surface area contributed by atoms with Gasteiger partial charge in [-0.2, -0.15) is 0 Å². The molecule has 1 unspecified atom stereocenters. The monoisotopic (exact) mass is 436 g/mol. The fraction of sp³-hybridized carbons (Fsp3) is 0.300. The summed E-state index contributed by atoms with van der Waals surface area (Å²) in [5.41, 5.74) is 0.870. The van der Waals surface area contributed by atoms with Crippen LogP contribution in [-0.4, -0.2) is 36.8 Å². The first-order valence-corrected chi connectivity index (χ1v) is 10.5. The van der Waals surface area contributed by atoms with Crippen LogP contribution in [0.5, 0.6) is 5.75 Å². The zero-order chi connectivity index (χ0) is 19.5. The molecule has 4 rings (SSSR count). The van der Waals surface area contributed by atoms with E-state index in [9.17, 15) is 4.79 Å². The number of aromatic nitrogens is 1. The maximum Gasteiger partial charge on any atom is 0.266 e. The second kappa shape index (κ2) is 8.66. The van der Waals surface area contributed by atoms with Crippen molar-refractivity contribution in [1.82, 2.24) is 4.98 Å². The number of halogens is 2. The number of carbonyl (C=O) groups is 1. The summed E-state index contributed by atoms with van der Waals surface area (Å²) in [4.78, 5) is 19.3. The van der Waals surface area contributed by atoms with Crippen molar-refractivity contribution in [2.75, 3.05) is 24.7 Å². The summed E-state index contributed by atoms with van der Waals surface area (Å²) in [7, 11) is 0. The summed E-state index contributed by atoms with van der Waals surface area (Å²) < 4.78 is 12.4. The molecule has 8 heteroatoms. The van der Waals surface area contributed by atoms with Gasteiger partial charge in [-0.15, -0.1) is 0 Å². The summed E-state index contributed by atoms with van der Waals surface area (Å²) in [6.45, 7) is 1.03. The molecule has 2 aromatic carbocycles. The zero-order valence-electron chi connectivity index (χ0n) is 14.9. The van der Waals surface area contributed by atoms with Gasteiger partial charge in [-0.3, -0.25) is 9.69 Å². The molecule has 1 saturated heterocycles. The molecular formula is C20H18Cl2N2O3S. The summed E-state index contributed by atoms with van der Waals surface area (Å²) in [6, 6.07) is 12.7. The predicted molar refractivity (Wildman–Crippen MR) is 113 cm³/mol. The average molecular weight is 437 g/mol. The second-order valence-corrected chi connectivity index (χ2v) is 8.32. The van der Waals surface area contributed by atoms with Crippen LogP contribution >= 0.6 is 34.5 Å². The minimum absolute atomic E-state index is 0.00934. The Morgan fingerprint density at radius 2 is 2.14 bits per heavy atom. The van der Waals surface area contributed by atoms with Gasteiger partial charge in [0.15, 0.2) is 11.7 Å². The highest BCUT2D eigenvalue weighted by Crippen LogP contribution is 2.31. The van der Waals surface area contributed by atoms with E-state index in [1.165, 1.54) is 11.3 Å². The van der Waals surface area contributed by atoms with Crippen LogP contribution in [0.1, 0.15) is 12.8 Å². The largest absolute Gasteiger partial charge is 0.482 e. The highest BCUT2D eigenvalue weighted by atomic mass is 35.5. The Hall–Kier alpha value is -1.86. The van der Waals surface area contributed by atoms with Crippen molar-refractivity contribution in [3.8, 4) is 5.75 Å². The maximum absolute atomic E-state index is 13.0. The van der Waals surface area contributed by atoms with Crippen LogP contribution < -0.4 is 9.64 Å². The number of rotatable bonds is 6. The fourth-order valence-corrected chi connectivity index (χ4v) is 4.52. The third-order valence-corrected chi connectivity index (χ3v) is 6.06. The minimum Gasteiger partial charge on any atom is -0.482 e. The molecule has 1 fully saturated rings. The molecule has 0 bridgehead atoms. The summed E-state index contributed by atoms with van der Waals surface area (Å²) in [6.07, 6.45) is 1.94. The number of ether oxygens (including phenoxy) is 2. The highest BCUT2D eigenvalue weighted by Gasteiger charge is 2.26. The molecule has 1 aromatic heterocycles. The number of hydrogen-bond acceptors (Lipinski definition) is 5. The lowest BCUT2D eigenvalue weighted by Crippen LogP contribution is -2.40. The molecule has 28 heavy (non-hydrogen) atoms. The summed E-state index contributed by atoms with van der Waals surface area (Å²) in [5.74, 6) is 0.223. The fourth-order valence-electron chi connectivity index (χ4n) is 3.06. The molecule has 5 nitrogen and oxygen atoms in total. The summed E-state index contributed by atoms with van der Waals surface area (Å²) >= 11 is 13.5. The van der Waals surface area contributed by atoms with Crippen molar-refractivity contribution in [2.24, 2.45) is 0 Å². The van der Waals surface area contributed by atoms with Gasteiger partial charge in [0.05, 0.1) is 27.9 Å². The van der Waals surface area contributed by atoms with E-state index in [2.05, 4.69) is 4.98 Å². The van der Waals surface area contributed by atoms with E-state index in [-0.39, 0.29) is 18.6 Å². The number of anilines is 1. The van der Waals surface area contributed by atoms with Crippen molar-refractivity contribution in [1.29, 1.82) is 0 Å². The van der Waals surface area contributed by atoms with Crippen molar-refractivity contribution in [3.05, 3.63) is 52.5 Å². The van der Waals surface area contributed by atoms with Crippen LogP contribution in [0.3, 0.4) is 0 Å². The third kappa shape index (κ3) is 4.41. The van der Waals surface area contributed by atoms with Gasteiger partial charge in [-0.05, 0) is 43.2 Å². The average Bonchev–Trinajstić information content (AvgIpc) is 3.34. The molecule has 0 radical (unpaired) electrons. The normalized spacial score (nSPS) is 16.4. The van der Waals surface area contributed by atoms with Gasteiger partial charge in [0.25, 0.3) is 5.91 Å². The van der Waals surface area contributed by atoms with Gasteiger partial charge < -0.3 is 9.47 Å². The number of nitrogens with zero attached hydrogens (tertiary/aromatic N) is 2. The van der Waals surface area contributed by atoms with Crippen molar-refractivity contribution < 1.29 is 14.3 Å². The topological polar surface area (TPSA) is 51.7 Å². The lowest BCUT2D eigenvalue weighted by atomic mass is 10.2. The van der Waals surface area contributed by atoms with Gasteiger partial charge in [0.2, 0.25) is 0 Å². The Kier molecular flexibility index (Phi) is 6.01. The Labute approximate surface area is 176 Å². The molecule has 0 saturated carbocycles. The number of para-hydroxylation sites is 1. The van der Waals surface area contributed by atoms with Crippen molar-refractivity contribution in [3.63, 3.8) is 0 Å². The van der Waals surface area contributed by atoms with Gasteiger partial charge in [0, 0.05) is 11.6 Å². The zero-order valence-corrected chi connectivity index (χ0v) is 17.3. The Morgan fingerprint density at radius 3 is 2.89 bits per heavy atom. The number of amides is 1. The molecule has 146 valence electrons. The van der Waals surface area contributed by atoms with E-state index >= 15 is 0 Å². The van der Waals surface area contributed by atoms with Gasteiger partial charge >= 0.3 is 0 Å². The standard InChI is InChI=1S/C20H18Cl2N2O3S/c21-13-7-8-17(15(22)10-13)27-12-19(25)24(11-14-4-3-9-26-14)20-23-16-5-1-2-6-18(16)28-20/h1-2,5-8,10,14H,3-4,9,11-12H2. The molecule has 2 heterocycles. The number of fused-ring (bicyclic) bond motifs is 1. The van der Waals surface area contributed by atoms with Crippen LogP contribution in [0.4, 0.5) is 5.13 Å². The van der Waals surface area contributed by atoms with E-state index in [1.807, 2.05) is 24.3 Å². The van der Waals surface area contributed by atoms with Crippen LogP contribution in [0.15, 0.2) is 42.5 Å². The summed E-state index contributed by atoms with van der Waals surface area (Å²) in [5, 5.41) is 1.52. The molecule has 0 aliphatic carbocycles. The lowest BCUT2D eigenvalue weighted by Gasteiger charge is -2.23. The number of carbonyl (C=O) groups excluding carboxylic acids is 1. The maximum atomic E-state index is 13.0. The molecule has 0 spiro atoms. The number of benzene rings is 2. The molecule has 1 amide bonds. The minimum atomic E-state index is -0.194. The van der Waals surface area contributed by atoms with E-state index in [4.69, 9.17) is 32.7 Å². The highest BCUT2D eigenvalue weighted by molar-refractivity contribution is 7.22. The lowest BCUT2D eigenvalue weighted by molar-refractivity contribution is -0.120. The second-order valence-electron chi connectivity index (χ2n) is 6.47. The Morgan fingerprint density at radius 1 is 1.29 bits per heavy atom. The Balaban J connectivity index is 1.54. The molecular weight excluding hydrogens is 419 g/mol. The first-order valence-electron chi connectivity index (χ1n) is 8.95. The van der Waals surface area contributed by atoms with E-state index in [0.29, 0.717) is 27.5 Å². The third-order valence-electron chi connectivity index (χ3n) is 4.47. The SMILES string of the molecule is O=C(COc1ccc(Cl)cc1Cl)N(CC1CCCO1)c1nc2ccccc2s1. The molecule has 1 aliphatic heterocycles. The van der Waals surface area contributed by atoms with Crippen LogP contribution in [-0.2, 0) is 9.53 Å². The first kappa shape index (κ1) is 19.5. The van der Waals surface area contributed by atoms with E-state index < -0.39 is 0 Å². The first-order chi connectivity index (χ1) is 13.6. The molecule has 1 atom stereocenters. The van der Waals surface area contributed by atoms with E-state index in [0.717, 1.165) is 29.7 Å². The van der Waals surface area contributed by atoms with Crippen molar-refractivity contribution in [2.45, 2.75) is 18.9 Å². The van der Waals surface area contributed by atoms with Crippen LogP contribution in [0.2, 0.25) is 10.0 Å². The van der Waals surface area contributed by atoms with Crippen LogP contribution in [0, 0.1) is 0 Å². The smallest absolute Gasteiger partial charge is 0.266 e.